The minimum atomic E-state index is 0.510. The molecule has 88 valence electrons. The van der Waals surface area contributed by atoms with Gasteiger partial charge in [0.25, 0.3) is 0 Å². The maximum Gasteiger partial charge on any atom is 0.0360 e. The van der Waals surface area contributed by atoms with Gasteiger partial charge in [-0.2, -0.15) is 0 Å². The van der Waals surface area contributed by atoms with Gasteiger partial charge in [-0.25, -0.2) is 0 Å². The summed E-state index contributed by atoms with van der Waals surface area (Å²) >= 11 is 7.31. The van der Waals surface area contributed by atoms with Gasteiger partial charge in [-0.1, -0.05) is 38.8 Å². The van der Waals surface area contributed by atoms with Crippen molar-refractivity contribution in [1.82, 2.24) is 5.32 Å². The molecular formula is C13H17Br2N. The Morgan fingerprint density at radius 1 is 1.31 bits per heavy atom. The molecule has 16 heavy (non-hydrogen) atoms. The Morgan fingerprint density at radius 3 is 2.56 bits per heavy atom. The zero-order valence-corrected chi connectivity index (χ0v) is 12.9. The van der Waals surface area contributed by atoms with E-state index in [1.807, 2.05) is 0 Å². The molecule has 1 aromatic carbocycles. The molecule has 0 saturated heterocycles. The van der Waals surface area contributed by atoms with Crippen LogP contribution in [0.2, 0.25) is 0 Å². The normalized spacial score (nSPS) is 17.5. The molecule has 1 N–H and O–H groups in total. The van der Waals surface area contributed by atoms with Crippen molar-refractivity contribution in [3.05, 3.63) is 32.2 Å². The average molecular weight is 347 g/mol. The third kappa shape index (κ3) is 2.69. The summed E-state index contributed by atoms with van der Waals surface area (Å²) in [5, 5.41) is 3.60. The van der Waals surface area contributed by atoms with E-state index in [9.17, 15) is 0 Å². The van der Waals surface area contributed by atoms with Crippen LogP contribution in [-0.2, 0) is 0 Å². The number of hydrogen-bond acceptors (Lipinski definition) is 1. The minimum absolute atomic E-state index is 0.510. The largest absolute Gasteiger partial charge is 0.310 e. The van der Waals surface area contributed by atoms with Crippen LogP contribution in [0.4, 0.5) is 0 Å². The zero-order valence-electron chi connectivity index (χ0n) is 9.69. The summed E-state index contributed by atoms with van der Waals surface area (Å²) < 4.78 is 2.43. The lowest BCUT2D eigenvalue weighted by Gasteiger charge is -2.20. The van der Waals surface area contributed by atoms with E-state index in [0.717, 1.165) is 12.5 Å². The van der Waals surface area contributed by atoms with Crippen LogP contribution >= 0.6 is 31.9 Å². The minimum Gasteiger partial charge on any atom is -0.310 e. The lowest BCUT2D eigenvalue weighted by atomic mass is 10.0. The maximum atomic E-state index is 3.69. The fourth-order valence-corrected chi connectivity index (χ4v) is 3.15. The first kappa shape index (κ1) is 12.6. The van der Waals surface area contributed by atoms with Gasteiger partial charge in [0.1, 0.15) is 0 Å². The highest BCUT2D eigenvalue weighted by Crippen LogP contribution is 2.43. The Labute approximate surface area is 114 Å². The van der Waals surface area contributed by atoms with Crippen LogP contribution in [0.1, 0.15) is 36.9 Å². The molecule has 2 rings (SSSR count). The van der Waals surface area contributed by atoms with Crippen LogP contribution in [0.15, 0.2) is 21.1 Å². The third-order valence-electron chi connectivity index (χ3n) is 3.13. The van der Waals surface area contributed by atoms with Gasteiger partial charge >= 0.3 is 0 Å². The van der Waals surface area contributed by atoms with Crippen molar-refractivity contribution in [1.29, 1.82) is 0 Å². The van der Waals surface area contributed by atoms with Gasteiger partial charge in [-0.05, 0) is 55.5 Å². The van der Waals surface area contributed by atoms with E-state index in [1.54, 1.807) is 0 Å². The van der Waals surface area contributed by atoms with E-state index in [0.29, 0.717) is 6.04 Å². The highest BCUT2D eigenvalue weighted by atomic mass is 79.9. The maximum absolute atomic E-state index is 3.69. The number of nitrogens with one attached hydrogen (secondary N) is 1. The van der Waals surface area contributed by atoms with Crippen molar-refractivity contribution in [3.8, 4) is 0 Å². The van der Waals surface area contributed by atoms with Crippen molar-refractivity contribution in [2.24, 2.45) is 5.92 Å². The van der Waals surface area contributed by atoms with Gasteiger partial charge in [0.2, 0.25) is 0 Å². The van der Waals surface area contributed by atoms with E-state index in [-0.39, 0.29) is 0 Å². The Bertz CT molecular complexity index is 386. The monoisotopic (exact) mass is 345 g/mol. The lowest BCUT2D eigenvalue weighted by Crippen LogP contribution is -2.23. The molecule has 1 unspecified atom stereocenters. The molecule has 1 saturated carbocycles. The highest BCUT2D eigenvalue weighted by Gasteiger charge is 2.32. The van der Waals surface area contributed by atoms with Crippen LogP contribution in [0.3, 0.4) is 0 Å². The molecule has 0 aliphatic heterocycles. The van der Waals surface area contributed by atoms with E-state index in [2.05, 4.69) is 63.2 Å². The Kier molecular flexibility index (Phi) is 4.09. The van der Waals surface area contributed by atoms with E-state index in [1.165, 1.54) is 32.9 Å². The average Bonchev–Trinajstić information content (AvgIpc) is 3.04. The van der Waals surface area contributed by atoms with Crippen LogP contribution in [-0.4, -0.2) is 6.54 Å². The first-order valence-corrected chi connectivity index (χ1v) is 7.41. The number of rotatable bonds is 4. The summed E-state index contributed by atoms with van der Waals surface area (Å²) in [5.74, 6) is 0.825. The molecule has 0 heterocycles. The molecule has 1 atom stereocenters. The lowest BCUT2D eigenvalue weighted by molar-refractivity contribution is 0.494. The second kappa shape index (κ2) is 5.19. The predicted octanol–water partition coefficient (Wildman–Crippen LogP) is 4.58. The zero-order chi connectivity index (χ0) is 11.7. The Balaban J connectivity index is 2.32. The van der Waals surface area contributed by atoms with Crippen LogP contribution in [0.5, 0.6) is 0 Å². The summed E-state index contributed by atoms with van der Waals surface area (Å²) in [4.78, 5) is 0. The summed E-state index contributed by atoms with van der Waals surface area (Å²) in [6.07, 6.45) is 2.71. The molecule has 0 aromatic heterocycles. The number of hydrogen-bond donors (Lipinski definition) is 1. The third-order valence-corrected chi connectivity index (χ3v) is 4.67. The smallest absolute Gasteiger partial charge is 0.0360 e. The first-order chi connectivity index (χ1) is 7.63. The molecular weight excluding hydrogens is 330 g/mol. The molecule has 1 nitrogen and oxygen atoms in total. The van der Waals surface area contributed by atoms with E-state index < -0.39 is 0 Å². The van der Waals surface area contributed by atoms with Crippen molar-refractivity contribution in [3.63, 3.8) is 0 Å². The van der Waals surface area contributed by atoms with E-state index in [4.69, 9.17) is 0 Å². The van der Waals surface area contributed by atoms with Gasteiger partial charge in [-0.3, -0.25) is 0 Å². The fourth-order valence-electron chi connectivity index (χ4n) is 2.08. The summed E-state index contributed by atoms with van der Waals surface area (Å²) in [6, 6.07) is 4.97. The molecule has 3 heteroatoms. The van der Waals surface area contributed by atoms with Gasteiger partial charge in [0.15, 0.2) is 0 Å². The SMILES string of the molecule is CCNC(c1cc(Br)c(C)cc1Br)C1CC1. The molecule has 0 amide bonds. The summed E-state index contributed by atoms with van der Waals surface area (Å²) in [7, 11) is 0. The molecule has 1 aromatic rings. The van der Waals surface area contributed by atoms with Gasteiger partial charge in [0.05, 0.1) is 0 Å². The second-order valence-corrected chi connectivity index (χ2v) is 6.20. The molecule has 1 aliphatic rings. The summed E-state index contributed by atoms with van der Waals surface area (Å²) in [5.41, 5.74) is 2.67. The number of benzene rings is 1. The predicted molar refractivity (Wildman–Crippen MR) is 75.7 cm³/mol. The topological polar surface area (TPSA) is 12.0 Å². The Morgan fingerprint density at radius 2 is 2.00 bits per heavy atom. The van der Waals surface area contributed by atoms with Crippen molar-refractivity contribution in [2.75, 3.05) is 6.54 Å². The van der Waals surface area contributed by atoms with Crippen LogP contribution < -0.4 is 5.32 Å². The molecule has 0 radical (unpaired) electrons. The molecule has 0 bridgehead atoms. The van der Waals surface area contributed by atoms with Crippen molar-refractivity contribution < 1.29 is 0 Å². The van der Waals surface area contributed by atoms with Crippen LogP contribution in [0, 0.1) is 12.8 Å². The molecule has 1 fully saturated rings. The first-order valence-electron chi connectivity index (χ1n) is 5.82. The van der Waals surface area contributed by atoms with Gasteiger partial charge in [-0.15, -0.1) is 0 Å². The molecule has 0 spiro atoms. The van der Waals surface area contributed by atoms with Crippen molar-refractivity contribution >= 4 is 31.9 Å². The molecule has 1 aliphatic carbocycles. The fraction of sp³-hybridized carbons (Fsp3) is 0.538. The highest BCUT2D eigenvalue weighted by molar-refractivity contribution is 9.11. The number of aryl methyl sites for hydroxylation is 1. The van der Waals surface area contributed by atoms with Crippen LogP contribution in [0.25, 0.3) is 0 Å². The summed E-state index contributed by atoms with van der Waals surface area (Å²) in [6.45, 7) is 5.32. The Hall–Kier alpha value is 0.140. The second-order valence-electron chi connectivity index (χ2n) is 4.50. The van der Waals surface area contributed by atoms with Gasteiger partial charge < -0.3 is 5.32 Å². The van der Waals surface area contributed by atoms with E-state index >= 15 is 0 Å². The van der Waals surface area contributed by atoms with Gasteiger partial charge in [0, 0.05) is 15.0 Å². The standard InChI is InChI=1S/C13H17Br2N/c1-3-16-13(9-4-5-9)10-7-11(14)8(2)6-12(10)15/h6-7,9,13,16H,3-5H2,1-2H3. The quantitative estimate of drug-likeness (QED) is 0.841. The number of halogens is 2. The van der Waals surface area contributed by atoms with Crippen molar-refractivity contribution in [2.45, 2.75) is 32.7 Å².